The third-order valence-corrected chi connectivity index (χ3v) is 3.37. The summed E-state index contributed by atoms with van der Waals surface area (Å²) in [4.78, 5) is 17.7. The molecular weight excluding hydrogens is 304 g/mol. The molecule has 0 N–H and O–H groups in total. The molecule has 1 amide bonds. The van der Waals surface area contributed by atoms with Gasteiger partial charge in [-0.1, -0.05) is 23.7 Å². The Balaban J connectivity index is 1.67. The largest absolute Gasteiger partial charge is 0.484 e. The topological polar surface area (TPSA) is 55.6 Å². The Morgan fingerprint density at radius 3 is 2.68 bits per heavy atom. The second kappa shape index (κ2) is 6.07. The maximum Gasteiger partial charge on any atom is 0.305 e. The van der Waals surface area contributed by atoms with Crippen LogP contribution in [-0.2, 0) is 4.79 Å². The molecule has 0 aliphatic heterocycles. The molecule has 0 aliphatic carbocycles. The van der Waals surface area contributed by atoms with Gasteiger partial charge in [-0.3, -0.25) is 9.69 Å². The van der Waals surface area contributed by atoms with Crippen molar-refractivity contribution in [3.63, 3.8) is 0 Å². The first-order chi connectivity index (χ1) is 10.6. The highest BCUT2D eigenvalue weighted by Crippen LogP contribution is 2.21. The molecule has 0 atom stereocenters. The molecule has 3 aromatic rings. The number of carbonyl (C=O) groups is 1. The molecule has 6 heteroatoms. The minimum Gasteiger partial charge on any atom is -0.484 e. The van der Waals surface area contributed by atoms with Gasteiger partial charge in [0, 0.05) is 12.1 Å². The lowest BCUT2D eigenvalue weighted by atomic mass is 10.3. The number of nitrogens with zero attached hydrogens (tertiary/aromatic N) is 2. The van der Waals surface area contributed by atoms with Gasteiger partial charge in [0.25, 0.3) is 5.91 Å². The van der Waals surface area contributed by atoms with Gasteiger partial charge in [-0.25, -0.2) is 0 Å². The number of halogens is 1. The van der Waals surface area contributed by atoms with Gasteiger partial charge >= 0.3 is 6.01 Å². The summed E-state index contributed by atoms with van der Waals surface area (Å²) in [6.45, 7) is -0.114. The number of hydrogen-bond donors (Lipinski definition) is 0. The van der Waals surface area contributed by atoms with Crippen molar-refractivity contribution in [2.75, 3.05) is 18.6 Å². The number of aromatic nitrogens is 1. The first kappa shape index (κ1) is 14.4. The van der Waals surface area contributed by atoms with Crippen LogP contribution in [0.15, 0.2) is 52.9 Å². The smallest absolute Gasteiger partial charge is 0.305 e. The van der Waals surface area contributed by atoms with E-state index in [9.17, 15) is 4.79 Å². The minimum atomic E-state index is -0.262. The molecule has 1 heterocycles. The summed E-state index contributed by atoms with van der Waals surface area (Å²) in [5.41, 5.74) is 1.34. The number of carbonyl (C=O) groups excluding carboxylic acids is 1. The van der Waals surface area contributed by atoms with Crippen molar-refractivity contribution in [2.45, 2.75) is 0 Å². The first-order valence-corrected chi connectivity index (χ1v) is 7.02. The third kappa shape index (κ3) is 3.04. The molecular formula is C16H13ClN2O3. The monoisotopic (exact) mass is 316 g/mol. The van der Waals surface area contributed by atoms with E-state index >= 15 is 0 Å². The number of ether oxygens (including phenoxy) is 1. The molecule has 2 aromatic carbocycles. The Morgan fingerprint density at radius 2 is 1.95 bits per heavy atom. The van der Waals surface area contributed by atoms with Crippen molar-refractivity contribution in [3.8, 4) is 5.75 Å². The van der Waals surface area contributed by atoms with Crippen LogP contribution in [0.3, 0.4) is 0 Å². The van der Waals surface area contributed by atoms with E-state index in [1.165, 1.54) is 4.90 Å². The molecule has 0 saturated heterocycles. The van der Waals surface area contributed by atoms with Crippen molar-refractivity contribution in [3.05, 3.63) is 53.6 Å². The maximum atomic E-state index is 12.1. The Bertz CT molecular complexity index is 766. The van der Waals surface area contributed by atoms with E-state index < -0.39 is 0 Å². The van der Waals surface area contributed by atoms with Crippen molar-refractivity contribution >= 4 is 34.6 Å². The van der Waals surface area contributed by atoms with E-state index in [2.05, 4.69) is 4.98 Å². The number of likely N-dealkylation sites (N-methyl/N-ethyl adjacent to an activating group) is 1. The van der Waals surface area contributed by atoms with Crippen LogP contribution in [0.1, 0.15) is 0 Å². The number of amides is 1. The van der Waals surface area contributed by atoms with Gasteiger partial charge in [-0.15, -0.1) is 0 Å². The molecule has 0 fully saturated rings. The van der Waals surface area contributed by atoms with E-state index in [0.717, 1.165) is 0 Å². The first-order valence-electron chi connectivity index (χ1n) is 6.64. The lowest BCUT2D eigenvalue weighted by molar-refractivity contribution is -0.120. The van der Waals surface area contributed by atoms with Crippen LogP contribution in [0.4, 0.5) is 6.01 Å². The third-order valence-electron chi connectivity index (χ3n) is 3.12. The van der Waals surface area contributed by atoms with E-state index in [0.29, 0.717) is 21.9 Å². The summed E-state index contributed by atoms with van der Waals surface area (Å²) in [6, 6.07) is 14.4. The van der Waals surface area contributed by atoms with Gasteiger partial charge in [0.15, 0.2) is 12.2 Å². The lowest BCUT2D eigenvalue weighted by Crippen LogP contribution is -2.31. The number of benzene rings is 2. The van der Waals surface area contributed by atoms with Crippen LogP contribution in [-0.4, -0.2) is 24.5 Å². The fourth-order valence-electron chi connectivity index (χ4n) is 1.88. The molecule has 5 nitrogen and oxygen atoms in total. The summed E-state index contributed by atoms with van der Waals surface area (Å²) in [7, 11) is 1.60. The average Bonchev–Trinajstić information content (AvgIpc) is 2.97. The molecule has 0 saturated carbocycles. The fourth-order valence-corrected chi connectivity index (χ4v) is 2.01. The molecule has 112 valence electrons. The normalized spacial score (nSPS) is 10.6. The number of hydrogen-bond acceptors (Lipinski definition) is 4. The van der Waals surface area contributed by atoms with Crippen molar-refractivity contribution < 1.29 is 13.9 Å². The van der Waals surface area contributed by atoms with E-state index in [1.807, 2.05) is 18.2 Å². The number of para-hydroxylation sites is 2. The van der Waals surface area contributed by atoms with Gasteiger partial charge in [-0.2, -0.15) is 4.98 Å². The number of rotatable bonds is 4. The standard InChI is InChI=1S/C16H13ClN2O3/c1-19(16-18-13-4-2-3-5-14(13)22-16)15(20)10-21-12-8-6-11(17)7-9-12/h2-9H,10H2,1H3. The van der Waals surface area contributed by atoms with Gasteiger partial charge in [0.2, 0.25) is 0 Å². The quantitative estimate of drug-likeness (QED) is 0.739. The van der Waals surface area contributed by atoms with Crippen LogP contribution in [0.25, 0.3) is 11.1 Å². The predicted octanol–water partition coefficient (Wildman–Crippen LogP) is 3.52. The van der Waals surface area contributed by atoms with Crippen LogP contribution in [0, 0.1) is 0 Å². The molecule has 0 spiro atoms. The second-order valence-corrected chi connectivity index (χ2v) is 5.10. The highest BCUT2D eigenvalue weighted by Gasteiger charge is 2.17. The lowest BCUT2D eigenvalue weighted by Gasteiger charge is -2.13. The van der Waals surface area contributed by atoms with E-state index in [-0.39, 0.29) is 18.5 Å². The molecule has 0 radical (unpaired) electrons. The predicted molar refractivity (Wildman–Crippen MR) is 84.4 cm³/mol. The van der Waals surface area contributed by atoms with Crippen molar-refractivity contribution in [2.24, 2.45) is 0 Å². The Hall–Kier alpha value is -2.53. The number of fused-ring (bicyclic) bond motifs is 1. The summed E-state index contributed by atoms with van der Waals surface area (Å²) >= 11 is 5.79. The van der Waals surface area contributed by atoms with Crippen LogP contribution >= 0.6 is 11.6 Å². The van der Waals surface area contributed by atoms with E-state index in [4.69, 9.17) is 20.8 Å². The minimum absolute atomic E-state index is 0.114. The Labute approximate surface area is 132 Å². The van der Waals surface area contributed by atoms with Gasteiger partial charge in [0.05, 0.1) is 0 Å². The summed E-state index contributed by atoms with van der Waals surface area (Å²) in [5, 5.41) is 0.613. The Morgan fingerprint density at radius 1 is 1.23 bits per heavy atom. The average molecular weight is 317 g/mol. The maximum absolute atomic E-state index is 12.1. The van der Waals surface area contributed by atoms with Crippen LogP contribution < -0.4 is 9.64 Å². The molecule has 0 unspecified atom stereocenters. The Kier molecular flexibility index (Phi) is 3.98. The zero-order valence-corrected chi connectivity index (χ0v) is 12.6. The van der Waals surface area contributed by atoms with Crippen LogP contribution in [0.2, 0.25) is 5.02 Å². The molecule has 1 aromatic heterocycles. The SMILES string of the molecule is CN(C(=O)COc1ccc(Cl)cc1)c1nc2ccccc2o1. The number of oxazole rings is 1. The summed E-state index contributed by atoms with van der Waals surface area (Å²) in [5.74, 6) is 0.310. The molecule has 0 aliphatic rings. The van der Waals surface area contributed by atoms with Gasteiger partial charge < -0.3 is 9.15 Å². The second-order valence-electron chi connectivity index (χ2n) is 4.66. The highest BCUT2D eigenvalue weighted by molar-refractivity contribution is 6.30. The fraction of sp³-hybridized carbons (Fsp3) is 0.125. The van der Waals surface area contributed by atoms with Crippen LogP contribution in [0.5, 0.6) is 5.75 Å². The van der Waals surface area contributed by atoms with Gasteiger partial charge in [-0.05, 0) is 36.4 Å². The van der Waals surface area contributed by atoms with Gasteiger partial charge in [0.1, 0.15) is 11.3 Å². The van der Waals surface area contributed by atoms with Crippen molar-refractivity contribution in [1.82, 2.24) is 4.98 Å². The summed E-state index contributed by atoms with van der Waals surface area (Å²) in [6.07, 6.45) is 0. The molecule has 0 bridgehead atoms. The zero-order valence-electron chi connectivity index (χ0n) is 11.8. The number of anilines is 1. The molecule has 3 rings (SSSR count). The highest BCUT2D eigenvalue weighted by atomic mass is 35.5. The van der Waals surface area contributed by atoms with Crippen molar-refractivity contribution in [1.29, 1.82) is 0 Å². The van der Waals surface area contributed by atoms with E-state index in [1.54, 1.807) is 37.4 Å². The zero-order chi connectivity index (χ0) is 15.5. The molecule has 22 heavy (non-hydrogen) atoms. The summed E-state index contributed by atoms with van der Waals surface area (Å²) < 4.78 is 11.0.